The minimum absolute atomic E-state index is 0.121. The van der Waals surface area contributed by atoms with Crippen LogP contribution in [-0.4, -0.2) is 26.8 Å². The molecule has 0 heterocycles. The van der Waals surface area contributed by atoms with E-state index >= 15 is 0 Å². The monoisotopic (exact) mass is 297 g/mol. The molecule has 1 N–H and O–H groups in total. The Morgan fingerprint density at radius 1 is 0.955 bits per heavy atom. The lowest BCUT2D eigenvalue weighted by Crippen LogP contribution is -2.40. The van der Waals surface area contributed by atoms with Crippen molar-refractivity contribution in [1.82, 2.24) is 5.32 Å². The summed E-state index contributed by atoms with van der Waals surface area (Å²) in [5.41, 5.74) is 2.92. The maximum atomic E-state index is 5.15. The van der Waals surface area contributed by atoms with Gasteiger partial charge in [0.05, 0.1) is 6.61 Å². The number of methoxy groups -OCH3 is 1. The molecule has 118 valence electrons. The molecule has 22 heavy (non-hydrogen) atoms. The number of benzene rings is 2. The van der Waals surface area contributed by atoms with Gasteiger partial charge in [0.25, 0.3) is 0 Å². The molecule has 0 saturated heterocycles. The number of rotatable bonds is 9. The fourth-order valence-corrected chi connectivity index (χ4v) is 3.00. The lowest BCUT2D eigenvalue weighted by molar-refractivity contribution is 0.196. The highest BCUT2D eigenvalue weighted by molar-refractivity contribution is 5.30. The normalized spacial score (nSPS) is 13.7. The first kappa shape index (κ1) is 16.7. The summed E-state index contributed by atoms with van der Waals surface area (Å²) in [4.78, 5) is 0. The van der Waals surface area contributed by atoms with Crippen LogP contribution < -0.4 is 5.32 Å². The zero-order valence-corrected chi connectivity index (χ0v) is 13.7. The van der Waals surface area contributed by atoms with E-state index in [1.54, 1.807) is 7.11 Å². The molecule has 0 amide bonds. The summed E-state index contributed by atoms with van der Waals surface area (Å²) >= 11 is 0. The van der Waals surface area contributed by atoms with Crippen LogP contribution in [0.5, 0.6) is 0 Å². The van der Waals surface area contributed by atoms with Crippen LogP contribution in [0, 0.1) is 0 Å². The van der Waals surface area contributed by atoms with E-state index in [9.17, 15) is 0 Å². The predicted molar refractivity (Wildman–Crippen MR) is 93.3 cm³/mol. The third-order valence-electron chi connectivity index (χ3n) is 4.39. The van der Waals surface area contributed by atoms with Crippen molar-refractivity contribution in [2.24, 2.45) is 0 Å². The average Bonchev–Trinajstić information content (AvgIpc) is 2.59. The summed E-state index contributed by atoms with van der Waals surface area (Å²) in [5, 5.41) is 3.57. The molecule has 0 spiro atoms. The highest BCUT2D eigenvalue weighted by Crippen LogP contribution is 2.31. The van der Waals surface area contributed by atoms with E-state index in [2.05, 4.69) is 72.9 Å². The minimum Gasteiger partial charge on any atom is -0.383 e. The Morgan fingerprint density at radius 3 is 2.18 bits per heavy atom. The van der Waals surface area contributed by atoms with Crippen molar-refractivity contribution in [3.05, 3.63) is 71.8 Å². The lowest BCUT2D eigenvalue weighted by Gasteiger charge is -2.34. The van der Waals surface area contributed by atoms with Gasteiger partial charge in [-0.2, -0.15) is 0 Å². The molecule has 0 radical (unpaired) electrons. The predicted octanol–water partition coefficient (Wildman–Crippen LogP) is 3.81. The topological polar surface area (TPSA) is 21.3 Å². The van der Waals surface area contributed by atoms with Gasteiger partial charge in [0.2, 0.25) is 0 Å². The summed E-state index contributed by atoms with van der Waals surface area (Å²) in [6.07, 6.45) is 2.15. The molecular weight excluding hydrogens is 270 g/mol. The molecule has 1 atom stereocenters. The second kappa shape index (κ2) is 8.72. The first-order valence-corrected chi connectivity index (χ1v) is 8.10. The second-order valence-electron chi connectivity index (χ2n) is 5.83. The maximum Gasteiger partial charge on any atom is 0.0587 e. The van der Waals surface area contributed by atoms with Gasteiger partial charge in [-0.15, -0.1) is 0 Å². The van der Waals surface area contributed by atoms with Crippen molar-refractivity contribution < 1.29 is 4.74 Å². The van der Waals surface area contributed by atoms with Crippen LogP contribution in [0.15, 0.2) is 60.7 Å². The molecule has 0 fully saturated rings. The zero-order valence-electron chi connectivity index (χ0n) is 13.7. The average molecular weight is 297 g/mol. The Balaban J connectivity index is 2.21. The molecule has 2 aromatic carbocycles. The summed E-state index contributed by atoms with van der Waals surface area (Å²) in [5.74, 6) is 0. The van der Waals surface area contributed by atoms with E-state index in [0.717, 1.165) is 32.5 Å². The van der Waals surface area contributed by atoms with Gasteiger partial charge in [0, 0.05) is 25.6 Å². The van der Waals surface area contributed by atoms with Crippen LogP contribution in [0.3, 0.4) is 0 Å². The Kier molecular flexibility index (Phi) is 6.63. The third kappa shape index (κ3) is 4.43. The smallest absolute Gasteiger partial charge is 0.0587 e. The number of hydrogen-bond acceptors (Lipinski definition) is 2. The standard InChI is InChI=1S/C20H27NO/c1-3-20(17-21-14-15-22-2,19-12-8-5-9-13-19)16-18-10-6-4-7-11-18/h4-13,21H,3,14-17H2,1-2H3. The van der Waals surface area contributed by atoms with Gasteiger partial charge >= 0.3 is 0 Å². The van der Waals surface area contributed by atoms with E-state index in [4.69, 9.17) is 4.74 Å². The zero-order chi connectivity index (χ0) is 15.7. The molecule has 0 saturated carbocycles. The van der Waals surface area contributed by atoms with Crippen LogP contribution in [-0.2, 0) is 16.6 Å². The molecule has 1 unspecified atom stereocenters. The molecule has 0 aromatic heterocycles. The van der Waals surface area contributed by atoms with Gasteiger partial charge in [0.1, 0.15) is 0 Å². The molecular formula is C20H27NO. The number of hydrogen-bond donors (Lipinski definition) is 1. The van der Waals surface area contributed by atoms with E-state index in [-0.39, 0.29) is 5.41 Å². The summed E-state index contributed by atoms with van der Waals surface area (Å²) < 4.78 is 5.15. The molecule has 2 rings (SSSR count). The Hall–Kier alpha value is -1.64. The number of ether oxygens (including phenoxy) is 1. The van der Waals surface area contributed by atoms with Crippen LogP contribution in [0.2, 0.25) is 0 Å². The van der Waals surface area contributed by atoms with Crippen molar-refractivity contribution in [1.29, 1.82) is 0 Å². The van der Waals surface area contributed by atoms with Gasteiger partial charge in [-0.3, -0.25) is 0 Å². The third-order valence-corrected chi connectivity index (χ3v) is 4.39. The molecule has 2 nitrogen and oxygen atoms in total. The second-order valence-corrected chi connectivity index (χ2v) is 5.83. The van der Waals surface area contributed by atoms with Crippen LogP contribution in [0.25, 0.3) is 0 Å². The highest BCUT2D eigenvalue weighted by Gasteiger charge is 2.30. The number of nitrogens with one attached hydrogen (secondary N) is 1. The Morgan fingerprint density at radius 2 is 1.59 bits per heavy atom. The largest absolute Gasteiger partial charge is 0.383 e. The summed E-state index contributed by atoms with van der Waals surface area (Å²) in [6, 6.07) is 21.7. The van der Waals surface area contributed by atoms with Gasteiger partial charge in [0.15, 0.2) is 0 Å². The van der Waals surface area contributed by atoms with Crippen LogP contribution in [0.1, 0.15) is 24.5 Å². The summed E-state index contributed by atoms with van der Waals surface area (Å²) in [7, 11) is 1.75. The molecule has 0 aliphatic heterocycles. The van der Waals surface area contributed by atoms with Gasteiger partial charge in [-0.25, -0.2) is 0 Å². The SMILES string of the molecule is CCC(CNCCOC)(Cc1ccccc1)c1ccccc1. The van der Waals surface area contributed by atoms with Crippen molar-refractivity contribution in [3.63, 3.8) is 0 Å². The van der Waals surface area contributed by atoms with Crippen molar-refractivity contribution in [3.8, 4) is 0 Å². The quantitative estimate of drug-likeness (QED) is 0.711. The summed E-state index contributed by atoms with van der Waals surface area (Å²) in [6.45, 7) is 4.89. The van der Waals surface area contributed by atoms with Crippen molar-refractivity contribution in [2.75, 3.05) is 26.8 Å². The van der Waals surface area contributed by atoms with E-state index in [1.807, 2.05) is 0 Å². The molecule has 2 aromatic rings. The maximum absolute atomic E-state index is 5.15. The lowest BCUT2D eigenvalue weighted by atomic mass is 9.73. The van der Waals surface area contributed by atoms with E-state index in [1.165, 1.54) is 11.1 Å². The fourth-order valence-electron chi connectivity index (χ4n) is 3.00. The van der Waals surface area contributed by atoms with Gasteiger partial charge in [-0.1, -0.05) is 67.6 Å². The highest BCUT2D eigenvalue weighted by atomic mass is 16.5. The molecule has 2 heteroatoms. The first-order valence-electron chi connectivity index (χ1n) is 8.10. The van der Waals surface area contributed by atoms with Crippen molar-refractivity contribution >= 4 is 0 Å². The minimum atomic E-state index is 0.121. The molecule has 0 aliphatic carbocycles. The van der Waals surface area contributed by atoms with Crippen molar-refractivity contribution in [2.45, 2.75) is 25.2 Å². The fraction of sp³-hybridized carbons (Fsp3) is 0.400. The van der Waals surface area contributed by atoms with Crippen LogP contribution in [0.4, 0.5) is 0 Å². The Labute approximate surface area is 134 Å². The van der Waals surface area contributed by atoms with Crippen LogP contribution >= 0.6 is 0 Å². The first-order chi connectivity index (χ1) is 10.8. The Bertz CT molecular complexity index is 526. The van der Waals surface area contributed by atoms with Gasteiger partial charge in [-0.05, 0) is 24.0 Å². The van der Waals surface area contributed by atoms with Gasteiger partial charge < -0.3 is 10.1 Å². The molecule has 0 bridgehead atoms. The van der Waals surface area contributed by atoms with E-state index < -0.39 is 0 Å². The molecule has 0 aliphatic rings. The van der Waals surface area contributed by atoms with E-state index in [0.29, 0.717) is 0 Å².